The van der Waals surface area contributed by atoms with E-state index in [0.717, 1.165) is 47.5 Å². The van der Waals surface area contributed by atoms with E-state index in [0.29, 0.717) is 13.5 Å². The van der Waals surface area contributed by atoms with Crippen molar-refractivity contribution in [2.45, 2.75) is 13.1 Å². The van der Waals surface area contributed by atoms with E-state index in [1.165, 1.54) is 11.1 Å². The SMILES string of the molecule is c1cc(Oc2ccc(N3COc4ccccc4C3)cc2)cc(N2COc3ccccc3C2)c1. The van der Waals surface area contributed by atoms with E-state index in [9.17, 15) is 0 Å². The van der Waals surface area contributed by atoms with Crippen LogP contribution < -0.4 is 24.0 Å². The van der Waals surface area contributed by atoms with E-state index in [2.05, 4.69) is 46.2 Å². The van der Waals surface area contributed by atoms with Gasteiger partial charge in [-0.25, -0.2) is 0 Å². The topological polar surface area (TPSA) is 34.2 Å². The van der Waals surface area contributed by atoms with Crippen molar-refractivity contribution in [2.24, 2.45) is 0 Å². The lowest BCUT2D eigenvalue weighted by molar-refractivity contribution is 0.289. The second-order valence-electron chi connectivity index (χ2n) is 8.25. The van der Waals surface area contributed by atoms with Gasteiger partial charge < -0.3 is 24.0 Å². The summed E-state index contributed by atoms with van der Waals surface area (Å²) in [6, 6.07) is 32.6. The van der Waals surface area contributed by atoms with Crippen LogP contribution in [0.3, 0.4) is 0 Å². The molecule has 4 aromatic carbocycles. The van der Waals surface area contributed by atoms with Crippen LogP contribution in [-0.2, 0) is 13.1 Å². The predicted octanol–water partition coefficient (Wildman–Crippen LogP) is 6.19. The Hall–Kier alpha value is -4.12. The molecule has 0 aromatic heterocycles. The van der Waals surface area contributed by atoms with E-state index < -0.39 is 0 Å². The molecule has 0 saturated carbocycles. The standard InChI is InChI=1S/C28H24N2O3/c1-3-10-27-21(6-1)17-29(19-31-27)23-12-14-25(15-13-23)33-26-9-5-8-24(16-26)30-18-22-7-2-4-11-28(22)32-20-30/h1-16H,17-20H2. The smallest absolute Gasteiger partial charge is 0.161 e. The molecule has 0 spiro atoms. The van der Waals surface area contributed by atoms with Crippen molar-refractivity contribution in [1.29, 1.82) is 0 Å². The molecule has 0 fully saturated rings. The Kier molecular flexibility index (Phi) is 5.00. The fourth-order valence-corrected chi connectivity index (χ4v) is 4.28. The molecule has 0 N–H and O–H groups in total. The van der Waals surface area contributed by atoms with Crippen LogP contribution in [-0.4, -0.2) is 13.5 Å². The minimum absolute atomic E-state index is 0.524. The molecule has 2 aliphatic heterocycles. The highest BCUT2D eigenvalue weighted by molar-refractivity contribution is 5.55. The number of benzene rings is 4. The van der Waals surface area contributed by atoms with Crippen molar-refractivity contribution in [2.75, 3.05) is 23.3 Å². The molecule has 0 aliphatic carbocycles. The van der Waals surface area contributed by atoms with Gasteiger partial charge in [-0.15, -0.1) is 0 Å². The van der Waals surface area contributed by atoms with Crippen LogP contribution in [0.4, 0.5) is 11.4 Å². The van der Waals surface area contributed by atoms with Crippen LogP contribution in [0.1, 0.15) is 11.1 Å². The Balaban J connectivity index is 1.14. The Labute approximate surface area is 193 Å². The van der Waals surface area contributed by atoms with Gasteiger partial charge in [-0.1, -0.05) is 42.5 Å². The van der Waals surface area contributed by atoms with Crippen LogP contribution in [0.15, 0.2) is 97.1 Å². The molecule has 5 heteroatoms. The molecule has 6 rings (SSSR count). The number of nitrogens with zero attached hydrogens (tertiary/aromatic N) is 2. The highest BCUT2D eigenvalue weighted by Gasteiger charge is 2.18. The molecule has 0 amide bonds. The van der Waals surface area contributed by atoms with E-state index in [1.54, 1.807) is 0 Å². The zero-order valence-corrected chi connectivity index (χ0v) is 18.2. The number of hydrogen-bond acceptors (Lipinski definition) is 5. The molecule has 0 atom stereocenters. The summed E-state index contributed by atoms with van der Waals surface area (Å²) in [7, 11) is 0. The van der Waals surface area contributed by atoms with Gasteiger partial charge in [0, 0.05) is 41.7 Å². The first-order valence-corrected chi connectivity index (χ1v) is 11.1. The third-order valence-corrected chi connectivity index (χ3v) is 6.04. The fourth-order valence-electron chi connectivity index (χ4n) is 4.28. The van der Waals surface area contributed by atoms with Gasteiger partial charge in [0.05, 0.1) is 0 Å². The minimum Gasteiger partial charge on any atom is -0.473 e. The van der Waals surface area contributed by atoms with Crippen molar-refractivity contribution in [1.82, 2.24) is 0 Å². The molecule has 4 aromatic rings. The maximum atomic E-state index is 6.16. The van der Waals surface area contributed by atoms with Gasteiger partial charge >= 0.3 is 0 Å². The average molecular weight is 437 g/mol. The summed E-state index contributed by atoms with van der Waals surface area (Å²) in [5.41, 5.74) is 4.57. The summed E-state index contributed by atoms with van der Waals surface area (Å²) in [5, 5.41) is 0. The van der Waals surface area contributed by atoms with Gasteiger partial charge in [0.2, 0.25) is 0 Å². The molecule has 0 unspecified atom stereocenters. The lowest BCUT2D eigenvalue weighted by atomic mass is 10.1. The summed E-state index contributed by atoms with van der Waals surface area (Å²) >= 11 is 0. The zero-order valence-electron chi connectivity index (χ0n) is 18.2. The highest BCUT2D eigenvalue weighted by atomic mass is 16.5. The van der Waals surface area contributed by atoms with Crippen LogP contribution in [0.2, 0.25) is 0 Å². The number of hydrogen-bond donors (Lipinski definition) is 0. The fraction of sp³-hybridized carbons (Fsp3) is 0.143. The normalized spacial score (nSPS) is 14.5. The van der Waals surface area contributed by atoms with Gasteiger partial charge in [0.25, 0.3) is 0 Å². The summed E-state index contributed by atoms with van der Waals surface area (Å²) < 4.78 is 18.0. The molecule has 0 saturated heterocycles. The average Bonchev–Trinajstić information content (AvgIpc) is 2.89. The molecule has 164 valence electrons. The molecule has 0 radical (unpaired) electrons. The van der Waals surface area contributed by atoms with Crippen molar-refractivity contribution >= 4 is 11.4 Å². The van der Waals surface area contributed by atoms with E-state index in [-0.39, 0.29) is 0 Å². The molecule has 2 heterocycles. The predicted molar refractivity (Wildman–Crippen MR) is 129 cm³/mol. The van der Waals surface area contributed by atoms with Crippen LogP contribution in [0.5, 0.6) is 23.0 Å². The van der Waals surface area contributed by atoms with Crippen LogP contribution in [0.25, 0.3) is 0 Å². The number of ether oxygens (including phenoxy) is 3. The van der Waals surface area contributed by atoms with E-state index >= 15 is 0 Å². The maximum absolute atomic E-state index is 6.16. The van der Waals surface area contributed by atoms with E-state index in [1.807, 2.05) is 60.7 Å². The maximum Gasteiger partial charge on any atom is 0.161 e. The largest absolute Gasteiger partial charge is 0.473 e. The zero-order chi connectivity index (χ0) is 22.0. The Bertz CT molecular complexity index is 1270. The Morgan fingerprint density at radius 3 is 1.82 bits per heavy atom. The summed E-state index contributed by atoms with van der Waals surface area (Å²) in [4.78, 5) is 4.41. The van der Waals surface area contributed by atoms with Gasteiger partial charge in [-0.3, -0.25) is 0 Å². The summed E-state index contributed by atoms with van der Waals surface area (Å²) in [5.74, 6) is 3.53. The minimum atomic E-state index is 0.524. The van der Waals surface area contributed by atoms with Crippen molar-refractivity contribution in [3.05, 3.63) is 108 Å². The van der Waals surface area contributed by atoms with Gasteiger partial charge in [0.1, 0.15) is 23.0 Å². The lowest BCUT2D eigenvalue weighted by Gasteiger charge is -2.31. The lowest BCUT2D eigenvalue weighted by Crippen LogP contribution is -2.31. The van der Waals surface area contributed by atoms with Gasteiger partial charge in [-0.2, -0.15) is 0 Å². The molecule has 2 aliphatic rings. The monoisotopic (exact) mass is 436 g/mol. The van der Waals surface area contributed by atoms with Crippen LogP contribution in [0, 0.1) is 0 Å². The number of para-hydroxylation sites is 2. The molecule has 0 bridgehead atoms. The molecular formula is C28H24N2O3. The number of fused-ring (bicyclic) bond motifs is 2. The first-order valence-electron chi connectivity index (χ1n) is 11.1. The number of rotatable bonds is 4. The van der Waals surface area contributed by atoms with Gasteiger partial charge in [-0.05, 0) is 48.5 Å². The van der Waals surface area contributed by atoms with Crippen molar-refractivity contribution in [3.63, 3.8) is 0 Å². The summed E-state index contributed by atoms with van der Waals surface area (Å²) in [6.45, 7) is 2.71. The van der Waals surface area contributed by atoms with Crippen LogP contribution >= 0.6 is 0 Å². The Morgan fingerprint density at radius 2 is 1.15 bits per heavy atom. The van der Waals surface area contributed by atoms with Crippen molar-refractivity contribution < 1.29 is 14.2 Å². The first-order chi connectivity index (χ1) is 16.3. The Morgan fingerprint density at radius 1 is 0.545 bits per heavy atom. The molecule has 5 nitrogen and oxygen atoms in total. The third kappa shape index (κ3) is 4.05. The summed E-state index contributed by atoms with van der Waals surface area (Å²) in [6.07, 6.45) is 0. The van der Waals surface area contributed by atoms with Crippen molar-refractivity contribution in [3.8, 4) is 23.0 Å². The second kappa shape index (κ2) is 8.43. The third-order valence-electron chi connectivity index (χ3n) is 6.04. The second-order valence-corrected chi connectivity index (χ2v) is 8.25. The molecule has 33 heavy (non-hydrogen) atoms. The quantitative estimate of drug-likeness (QED) is 0.381. The van der Waals surface area contributed by atoms with E-state index in [4.69, 9.17) is 14.2 Å². The number of anilines is 2. The highest BCUT2D eigenvalue weighted by Crippen LogP contribution is 2.33. The van der Waals surface area contributed by atoms with Gasteiger partial charge in [0.15, 0.2) is 13.5 Å². The first kappa shape index (κ1) is 19.6. The molecular weight excluding hydrogens is 412 g/mol.